The van der Waals surface area contributed by atoms with Gasteiger partial charge in [0.1, 0.15) is 12.4 Å². The normalized spacial score (nSPS) is 11.1. The maximum Gasteiger partial charge on any atom is 0.191 e. The molecule has 0 amide bonds. The number of fused-ring (bicyclic) bond motifs is 1. The molecule has 0 unspecified atom stereocenters. The van der Waals surface area contributed by atoms with E-state index in [0.717, 1.165) is 28.5 Å². The fraction of sp³-hybridized carbons (Fsp3) is 0.182. The van der Waals surface area contributed by atoms with E-state index in [1.54, 1.807) is 13.2 Å². The third kappa shape index (κ3) is 6.14. The van der Waals surface area contributed by atoms with Crippen LogP contribution in [-0.2, 0) is 19.7 Å². The second kappa shape index (κ2) is 11.3. The largest absolute Gasteiger partial charge is 0.487 e. The summed E-state index contributed by atoms with van der Waals surface area (Å²) in [7, 11) is 1.74. The maximum atomic E-state index is 5.77. The van der Waals surface area contributed by atoms with Gasteiger partial charge in [0.05, 0.1) is 12.2 Å². The van der Waals surface area contributed by atoms with E-state index in [4.69, 9.17) is 4.74 Å². The first-order chi connectivity index (χ1) is 14.8. The summed E-state index contributed by atoms with van der Waals surface area (Å²) in [6, 6.07) is 19.6. The van der Waals surface area contributed by atoms with E-state index in [2.05, 4.69) is 30.8 Å². The lowest BCUT2D eigenvalue weighted by molar-refractivity contribution is 0.301. The van der Waals surface area contributed by atoms with Crippen molar-refractivity contribution < 1.29 is 4.74 Å². The molecule has 3 aromatic heterocycles. The molecule has 0 bridgehead atoms. The lowest BCUT2D eigenvalue weighted by atomic mass is 10.2. The van der Waals surface area contributed by atoms with Gasteiger partial charge in [-0.1, -0.05) is 24.3 Å². The quantitative estimate of drug-likeness (QED) is 0.217. The zero-order chi connectivity index (χ0) is 20.6. The Hall–Kier alpha value is -3.21. The molecule has 0 fully saturated rings. The molecule has 3 heterocycles. The Morgan fingerprint density at radius 1 is 0.968 bits per heavy atom. The fourth-order valence-corrected chi connectivity index (χ4v) is 2.92. The zero-order valence-electron chi connectivity index (χ0n) is 17.1. The molecule has 31 heavy (non-hydrogen) atoms. The SMILES string of the molecule is CN=C(NCc1ccc(OCc2ccccn2)cc1)NCc1nnc2ccccn12.I. The van der Waals surface area contributed by atoms with Crippen molar-refractivity contribution >= 4 is 35.6 Å². The van der Waals surface area contributed by atoms with Crippen molar-refractivity contribution in [2.24, 2.45) is 4.99 Å². The molecule has 0 aliphatic rings. The zero-order valence-corrected chi connectivity index (χ0v) is 19.4. The summed E-state index contributed by atoms with van der Waals surface area (Å²) in [6.45, 7) is 1.61. The van der Waals surface area contributed by atoms with E-state index in [9.17, 15) is 0 Å². The monoisotopic (exact) mass is 529 g/mol. The first-order valence-corrected chi connectivity index (χ1v) is 9.66. The highest BCUT2D eigenvalue weighted by Crippen LogP contribution is 2.13. The van der Waals surface area contributed by atoms with E-state index >= 15 is 0 Å². The summed E-state index contributed by atoms with van der Waals surface area (Å²) < 4.78 is 7.72. The van der Waals surface area contributed by atoms with E-state index < -0.39 is 0 Å². The Morgan fingerprint density at radius 2 is 1.77 bits per heavy atom. The highest BCUT2D eigenvalue weighted by Gasteiger charge is 2.06. The van der Waals surface area contributed by atoms with Crippen molar-refractivity contribution in [3.8, 4) is 5.75 Å². The van der Waals surface area contributed by atoms with Crippen LogP contribution < -0.4 is 15.4 Å². The molecule has 0 aliphatic carbocycles. The molecule has 0 saturated heterocycles. The van der Waals surface area contributed by atoms with Crippen LogP contribution in [0.4, 0.5) is 0 Å². The first kappa shape index (κ1) is 22.5. The van der Waals surface area contributed by atoms with Gasteiger partial charge in [0, 0.05) is 26.0 Å². The van der Waals surface area contributed by atoms with Crippen molar-refractivity contribution in [3.05, 3.63) is 90.1 Å². The Morgan fingerprint density at radius 3 is 2.55 bits per heavy atom. The van der Waals surface area contributed by atoms with Crippen molar-refractivity contribution in [1.29, 1.82) is 0 Å². The minimum Gasteiger partial charge on any atom is -0.487 e. The molecule has 0 atom stereocenters. The van der Waals surface area contributed by atoms with Gasteiger partial charge in [-0.3, -0.25) is 14.4 Å². The van der Waals surface area contributed by atoms with Crippen LogP contribution in [0.3, 0.4) is 0 Å². The molecule has 8 nitrogen and oxygen atoms in total. The van der Waals surface area contributed by atoms with Crippen LogP contribution in [0.2, 0.25) is 0 Å². The summed E-state index contributed by atoms with van der Waals surface area (Å²) in [5.74, 6) is 2.33. The minimum atomic E-state index is 0. The van der Waals surface area contributed by atoms with Crippen LogP contribution in [0.5, 0.6) is 5.75 Å². The van der Waals surface area contributed by atoms with Crippen molar-refractivity contribution in [2.75, 3.05) is 7.05 Å². The van der Waals surface area contributed by atoms with Crippen molar-refractivity contribution in [2.45, 2.75) is 19.7 Å². The van der Waals surface area contributed by atoms with Crippen molar-refractivity contribution in [1.82, 2.24) is 30.2 Å². The Bertz CT molecular complexity index is 1110. The van der Waals surface area contributed by atoms with Crippen LogP contribution in [0.15, 0.2) is 78.0 Å². The van der Waals surface area contributed by atoms with Gasteiger partial charge in [-0.2, -0.15) is 0 Å². The molecule has 4 aromatic rings. The third-order valence-electron chi connectivity index (χ3n) is 4.52. The molecule has 0 spiro atoms. The molecule has 160 valence electrons. The lowest BCUT2D eigenvalue weighted by Gasteiger charge is -2.12. The van der Waals surface area contributed by atoms with Gasteiger partial charge < -0.3 is 15.4 Å². The van der Waals surface area contributed by atoms with Crippen molar-refractivity contribution in [3.63, 3.8) is 0 Å². The van der Waals surface area contributed by atoms with E-state index in [1.807, 2.05) is 71.3 Å². The maximum absolute atomic E-state index is 5.77. The number of hydrogen-bond acceptors (Lipinski definition) is 5. The van der Waals surface area contributed by atoms with Gasteiger partial charge in [0.2, 0.25) is 0 Å². The summed E-state index contributed by atoms with van der Waals surface area (Å²) in [6.07, 6.45) is 3.71. The second-order valence-electron chi connectivity index (χ2n) is 6.58. The number of nitrogens with zero attached hydrogens (tertiary/aromatic N) is 5. The van der Waals surface area contributed by atoms with Gasteiger partial charge in [-0.15, -0.1) is 34.2 Å². The number of ether oxygens (including phenoxy) is 1. The average Bonchev–Trinajstić information content (AvgIpc) is 3.22. The number of halogens is 1. The molecule has 9 heteroatoms. The molecule has 0 radical (unpaired) electrons. The minimum absolute atomic E-state index is 0. The van der Waals surface area contributed by atoms with Crippen LogP contribution in [0.1, 0.15) is 17.1 Å². The smallest absolute Gasteiger partial charge is 0.191 e. The third-order valence-corrected chi connectivity index (χ3v) is 4.52. The standard InChI is InChI=1S/C22H23N7O.HI/c1-23-22(26-15-21-28-27-20-7-3-5-13-29(20)21)25-14-17-8-10-19(11-9-17)30-16-18-6-2-4-12-24-18;/h2-13H,14-16H2,1H3,(H2,23,25,26);1H. The summed E-state index contributed by atoms with van der Waals surface area (Å²) in [4.78, 5) is 8.53. The number of aliphatic imine (C=N–C) groups is 1. The van der Waals surface area contributed by atoms with E-state index in [1.165, 1.54) is 0 Å². The summed E-state index contributed by atoms with van der Waals surface area (Å²) in [5, 5.41) is 14.9. The molecule has 1 aromatic carbocycles. The van der Waals surface area contributed by atoms with E-state index in [0.29, 0.717) is 25.7 Å². The van der Waals surface area contributed by atoms with Crippen LogP contribution in [-0.4, -0.2) is 32.6 Å². The molecule has 4 rings (SSSR count). The van der Waals surface area contributed by atoms with Gasteiger partial charge >= 0.3 is 0 Å². The number of nitrogens with one attached hydrogen (secondary N) is 2. The number of benzene rings is 1. The highest BCUT2D eigenvalue weighted by molar-refractivity contribution is 14.0. The number of guanidine groups is 1. The number of hydrogen-bond donors (Lipinski definition) is 2. The molecule has 2 N–H and O–H groups in total. The summed E-state index contributed by atoms with van der Waals surface area (Å²) in [5.41, 5.74) is 2.84. The van der Waals surface area contributed by atoms with Gasteiger partial charge in [0.25, 0.3) is 0 Å². The molecule has 0 saturated carbocycles. The molecular weight excluding hydrogens is 505 g/mol. The van der Waals surface area contributed by atoms with Gasteiger partial charge in [0.15, 0.2) is 17.4 Å². The number of aromatic nitrogens is 4. The predicted octanol–water partition coefficient (Wildman–Crippen LogP) is 3.19. The predicted molar refractivity (Wildman–Crippen MR) is 130 cm³/mol. The lowest BCUT2D eigenvalue weighted by Crippen LogP contribution is -2.36. The van der Waals surface area contributed by atoms with Crippen LogP contribution >= 0.6 is 24.0 Å². The van der Waals surface area contributed by atoms with Gasteiger partial charge in [-0.25, -0.2) is 0 Å². The van der Waals surface area contributed by atoms with Gasteiger partial charge in [-0.05, 0) is 42.0 Å². The molecule has 0 aliphatic heterocycles. The van der Waals surface area contributed by atoms with E-state index in [-0.39, 0.29) is 24.0 Å². The highest BCUT2D eigenvalue weighted by atomic mass is 127. The summed E-state index contributed by atoms with van der Waals surface area (Å²) >= 11 is 0. The molecular formula is C22H24IN7O. The number of rotatable bonds is 7. The fourth-order valence-electron chi connectivity index (χ4n) is 2.92. The van der Waals surface area contributed by atoms with Crippen LogP contribution in [0.25, 0.3) is 5.65 Å². The Kier molecular flexibility index (Phi) is 8.16. The second-order valence-corrected chi connectivity index (χ2v) is 6.58. The topological polar surface area (TPSA) is 88.7 Å². The first-order valence-electron chi connectivity index (χ1n) is 9.66. The Balaban J connectivity index is 0.00000272. The van der Waals surface area contributed by atoms with Crippen LogP contribution in [0, 0.1) is 0 Å². The Labute approximate surface area is 197 Å². The number of pyridine rings is 2. The average molecular weight is 529 g/mol.